The molecule has 1 fully saturated rings. The number of carbonyl (C=O) groups excluding carboxylic acids is 2. The number of nitrogens with one attached hydrogen (secondary N) is 1. The molecule has 5 heteroatoms. The Kier molecular flexibility index (Phi) is 5.56. The third kappa shape index (κ3) is 4.42. The molecule has 136 valence electrons. The number of amides is 2. The minimum absolute atomic E-state index is 0.0244. The Morgan fingerprint density at radius 3 is 2.42 bits per heavy atom. The first-order chi connectivity index (χ1) is 12.5. The number of nitrogens with zero attached hydrogens (tertiary/aromatic N) is 1. The van der Waals surface area contributed by atoms with Crippen LogP contribution in [0.4, 0.5) is 0 Å². The van der Waals surface area contributed by atoms with Crippen LogP contribution >= 0.6 is 0 Å². The summed E-state index contributed by atoms with van der Waals surface area (Å²) < 4.78 is 5.15. The van der Waals surface area contributed by atoms with Crippen LogP contribution in [-0.2, 0) is 22.7 Å². The molecule has 26 heavy (non-hydrogen) atoms. The van der Waals surface area contributed by atoms with E-state index in [2.05, 4.69) is 5.32 Å². The molecule has 0 spiro atoms. The highest BCUT2D eigenvalue weighted by molar-refractivity contribution is 5.89. The van der Waals surface area contributed by atoms with E-state index in [-0.39, 0.29) is 24.2 Å². The lowest BCUT2D eigenvalue weighted by Crippen LogP contribution is -2.32. The summed E-state index contributed by atoms with van der Waals surface area (Å²) in [5.74, 6) is 0.466. The van der Waals surface area contributed by atoms with Crippen LogP contribution in [0.15, 0.2) is 48.5 Å². The van der Waals surface area contributed by atoms with Crippen molar-refractivity contribution < 1.29 is 14.3 Å². The highest BCUT2D eigenvalue weighted by Crippen LogP contribution is 2.21. The molecular formula is C21H24N2O3. The van der Waals surface area contributed by atoms with Crippen molar-refractivity contribution in [1.82, 2.24) is 10.2 Å². The number of rotatable bonds is 6. The Labute approximate surface area is 154 Å². The summed E-state index contributed by atoms with van der Waals surface area (Å²) in [4.78, 5) is 26.4. The van der Waals surface area contributed by atoms with Crippen molar-refractivity contribution in [3.8, 4) is 5.75 Å². The number of benzene rings is 2. The molecule has 1 atom stereocenters. The fourth-order valence-electron chi connectivity index (χ4n) is 3.09. The van der Waals surface area contributed by atoms with Crippen LogP contribution in [0.1, 0.15) is 23.1 Å². The summed E-state index contributed by atoms with van der Waals surface area (Å²) in [6.07, 6.45) is 0.274. The first-order valence-corrected chi connectivity index (χ1v) is 8.79. The molecule has 1 heterocycles. The van der Waals surface area contributed by atoms with Crippen molar-refractivity contribution in [1.29, 1.82) is 0 Å². The lowest BCUT2D eigenvalue weighted by Gasteiger charge is -2.17. The highest BCUT2D eigenvalue weighted by atomic mass is 16.5. The van der Waals surface area contributed by atoms with E-state index >= 15 is 0 Å². The van der Waals surface area contributed by atoms with Crippen molar-refractivity contribution in [2.45, 2.75) is 26.4 Å². The smallest absolute Gasteiger partial charge is 0.225 e. The second kappa shape index (κ2) is 8.04. The highest BCUT2D eigenvalue weighted by Gasteiger charge is 2.34. The molecule has 1 N–H and O–H groups in total. The number of aryl methyl sites for hydroxylation is 1. The van der Waals surface area contributed by atoms with E-state index in [0.717, 1.165) is 16.9 Å². The summed E-state index contributed by atoms with van der Waals surface area (Å²) in [7, 11) is 1.62. The predicted octanol–water partition coefficient (Wildman–Crippen LogP) is 2.67. The van der Waals surface area contributed by atoms with Crippen LogP contribution in [0.2, 0.25) is 0 Å². The molecule has 1 aliphatic rings. The van der Waals surface area contributed by atoms with Crippen LogP contribution in [0, 0.1) is 12.8 Å². The number of hydrogen-bond acceptors (Lipinski definition) is 3. The summed E-state index contributed by atoms with van der Waals surface area (Å²) in [5.41, 5.74) is 3.28. The van der Waals surface area contributed by atoms with Crippen molar-refractivity contribution >= 4 is 11.8 Å². The van der Waals surface area contributed by atoms with Gasteiger partial charge in [-0.15, -0.1) is 0 Å². The zero-order valence-corrected chi connectivity index (χ0v) is 15.2. The summed E-state index contributed by atoms with van der Waals surface area (Å²) in [6, 6.07) is 15.7. The molecule has 0 aromatic heterocycles. The van der Waals surface area contributed by atoms with E-state index in [0.29, 0.717) is 19.6 Å². The maximum atomic E-state index is 12.4. The summed E-state index contributed by atoms with van der Waals surface area (Å²) >= 11 is 0. The normalized spacial score (nSPS) is 16.6. The standard InChI is InChI=1S/C21H24N2O3/c1-15-3-5-16(6-4-15)12-22-21(25)18-11-20(24)23(14-18)13-17-7-9-19(26-2)10-8-17/h3-10,18H,11-14H2,1-2H3,(H,22,25). The minimum atomic E-state index is -0.286. The van der Waals surface area contributed by atoms with E-state index in [9.17, 15) is 9.59 Å². The number of carbonyl (C=O) groups is 2. The Morgan fingerprint density at radius 1 is 1.12 bits per heavy atom. The maximum absolute atomic E-state index is 12.4. The molecule has 1 unspecified atom stereocenters. The average Bonchev–Trinajstić information content (AvgIpc) is 3.02. The van der Waals surface area contributed by atoms with Gasteiger partial charge in [0, 0.05) is 26.1 Å². The van der Waals surface area contributed by atoms with Gasteiger partial charge in [-0.25, -0.2) is 0 Å². The molecular weight excluding hydrogens is 328 g/mol. The summed E-state index contributed by atoms with van der Waals surface area (Å²) in [6.45, 7) is 3.50. The predicted molar refractivity (Wildman–Crippen MR) is 99.5 cm³/mol. The largest absolute Gasteiger partial charge is 0.497 e. The van der Waals surface area contributed by atoms with Gasteiger partial charge in [0.2, 0.25) is 11.8 Å². The van der Waals surface area contributed by atoms with Crippen molar-refractivity contribution in [3.63, 3.8) is 0 Å². The molecule has 3 rings (SSSR count). The number of ether oxygens (including phenoxy) is 1. The molecule has 0 bridgehead atoms. The van der Waals surface area contributed by atoms with Gasteiger partial charge in [0.05, 0.1) is 13.0 Å². The molecule has 0 saturated carbocycles. The first kappa shape index (κ1) is 18.0. The Morgan fingerprint density at radius 2 is 1.77 bits per heavy atom. The Hall–Kier alpha value is -2.82. The van der Waals surface area contributed by atoms with Crippen LogP contribution in [0.5, 0.6) is 5.75 Å². The quantitative estimate of drug-likeness (QED) is 0.870. The first-order valence-electron chi connectivity index (χ1n) is 8.79. The SMILES string of the molecule is COc1ccc(CN2CC(C(=O)NCc3ccc(C)cc3)CC2=O)cc1. The van der Waals surface area contributed by atoms with Gasteiger partial charge in [0.25, 0.3) is 0 Å². The molecule has 2 amide bonds. The van der Waals surface area contributed by atoms with Crippen LogP contribution in [0.25, 0.3) is 0 Å². The van der Waals surface area contributed by atoms with E-state index < -0.39 is 0 Å². The third-order valence-corrected chi connectivity index (χ3v) is 4.71. The zero-order chi connectivity index (χ0) is 18.5. The van der Waals surface area contributed by atoms with Gasteiger partial charge in [0.1, 0.15) is 5.75 Å². The second-order valence-electron chi connectivity index (χ2n) is 6.73. The number of methoxy groups -OCH3 is 1. The fourth-order valence-corrected chi connectivity index (χ4v) is 3.09. The monoisotopic (exact) mass is 352 g/mol. The molecule has 2 aromatic carbocycles. The average molecular weight is 352 g/mol. The molecule has 1 aliphatic heterocycles. The van der Waals surface area contributed by atoms with Crippen molar-refractivity contribution in [2.24, 2.45) is 5.92 Å². The lowest BCUT2D eigenvalue weighted by molar-refractivity contribution is -0.129. The van der Waals surface area contributed by atoms with E-state index in [1.165, 1.54) is 5.56 Å². The van der Waals surface area contributed by atoms with Gasteiger partial charge in [-0.05, 0) is 30.2 Å². The van der Waals surface area contributed by atoms with Gasteiger partial charge in [0.15, 0.2) is 0 Å². The third-order valence-electron chi connectivity index (χ3n) is 4.71. The molecule has 5 nitrogen and oxygen atoms in total. The zero-order valence-electron chi connectivity index (χ0n) is 15.2. The second-order valence-corrected chi connectivity index (χ2v) is 6.73. The Balaban J connectivity index is 1.52. The molecule has 0 aliphatic carbocycles. The molecule has 0 radical (unpaired) electrons. The topological polar surface area (TPSA) is 58.6 Å². The number of hydrogen-bond donors (Lipinski definition) is 1. The van der Waals surface area contributed by atoms with Gasteiger partial charge in [-0.3, -0.25) is 9.59 Å². The molecule has 1 saturated heterocycles. The van der Waals surface area contributed by atoms with E-state index in [4.69, 9.17) is 4.74 Å². The summed E-state index contributed by atoms with van der Waals surface area (Å²) in [5, 5.41) is 2.95. The van der Waals surface area contributed by atoms with Crippen molar-refractivity contribution in [2.75, 3.05) is 13.7 Å². The Bertz CT molecular complexity index is 769. The fraction of sp³-hybridized carbons (Fsp3) is 0.333. The van der Waals surface area contributed by atoms with Gasteiger partial charge < -0.3 is 15.0 Å². The van der Waals surface area contributed by atoms with Crippen LogP contribution in [0.3, 0.4) is 0 Å². The molecule has 2 aromatic rings. The van der Waals surface area contributed by atoms with Crippen molar-refractivity contribution in [3.05, 3.63) is 65.2 Å². The van der Waals surface area contributed by atoms with Gasteiger partial charge >= 0.3 is 0 Å². The van der Waals surface area contributed by atoms with Gasteiger partial charge in [-0.2, -0.15) is 0 Å². The van der Waals surface area contributed by atoms with Crippen LogP contribution in [-0.4, -0.2) is 30.4 Å². The lowest BCUT2D eigenvalue weighted by atomic mass is 10.1. The van der Waals surface area contributed by atoms with E-state index in [1.807, 2.05) is 55.5 Å². The number of likely N-dealkylation sites (tertiary alicyclic amines) is 1. The van der Waals surface area contributed by atoms with E-state index in [1.54, 1.807) is 12.0 Å². The van der Waals surface area contributed by atoms with Gasteiger partial charge in [-0.1, -0.05) is 42.0 Å². The maximum Gasteiger partial charge on any atom is 0.225 e. The minimum Gasteiger partial charge on any atom is -0.497 e. The van der Waals surface area contributed by atoms with Crippen LogP contribution < -0.4 is 10.1 Å².